The van der Waals surface area contributed by atoms with Gasteiger partial charge in [0.15, 0.2) is 0 Å². The Labute approximate surface area is 172 Å². The van der Waals surface area contributed by atoms with Crippen LogP contribution in [0.5, 0.6) is 0 Å². The Bertz CT molecular complexity index is 589. The zero-order chi connectivity index (χ0) is 17.5. The lowest BCUT2D eigenvalue weighted by Gasteiger charge is -2.26. The largest absolute Gasteiger partial charge is 0.379 e. The minimum Gasteiger partial charge on any atom is -0.379 e. The number of carbonyl (C=O) groups excluding carboxylic acids is 2. The molecule has 0 aliphatic carbocycles. The zero-order valence-corrected chi connectivity index (χ0v) is 16.9. The average Bonchev–Trinajstić information content (AvgIpc) is 3.18. The van der Waals surface area contributed by atoms with E-state index in [-0.39, 0.29) is 42.7 Å². The van der Waals surface area contributed by atoms with Crippen LogP contribution in [0.15, 0.2) is 24.3 Å². The third-order valence-electron chi connectivity index (χ3n) is 4.61. The number of hydrogen-bond acceptors (Lipinski definition) is 5. The van der Waals surface area contributed by atoms with Crippen LogP contribution in [0.2, 0.25) is 0 Å². The molecule has 1 atom stereocenters. The Kier molecular flexibility index (Phi) is 10.6. The van der Waals surface area contributed by atoms with Gasteiger partial charge in [0.05, 0.1) is 19.3 Å². The second-order valence-corrected chi connectivity index (χ2v) is 6.43. The Morgan fingerprint density at radius 2 is 1.85 bits per heavy atom. The first-order chi connectivity index (χ1) is 12.2. The van der Waals surface area contributed by atoms with Crippen LogP contribution in [0, 0.1) is 0 Å². The van der Waals surface area contributed by atoms with Gasteiger partial charge in [-0.1, -0.05) is 0 Å². The molecular weight excluding hydrogens is 391 g/mol. The van der Waals surface area contributed by atoms with Crippen molar-refractivity contribution in [3.05, 3.63) is 29.8 Å². The van der Waals surface area contributed by atoms with Crippen LogP contribution in [-0.2, 0) is 9.53 Å². The summed E-state index contributed by atoms with van der Waals surface area (Å²) in [6.45, 7) is 5.69. The number of benzene rings is 1. The van der Waals surface area contributed by atoms with Gasteiger partial charge >= 0.3 is 0 Å². The normalized spacial score (nSPS) is 19.5. The number of morpholine rings is 1. The van der Waals surface area contributed by atoms with Crippen LogP contribution in [0.25, 0.3) is 0 Å². The maximum absolute atomic E-state index is 12.2. The van der Waals surface area contributed by atoms with E-state index >= 15 is 0 Å². The Hall–Kier alpha value is -1.38. The van der Waals surface area contributed by atoms with Crippen LogP contribution in [0.1, 0.15) is 23.2 Å². The van der Waals surface area contributed by atoms with Crippen LogP contribution in [-0.4, -0.2) is 68.7 Å². The highest BCUT2D eigenvalue weighted by molar-refractivity contribution is 5.97. The Morgan fingerprint density at radius 3 is 2.48 bits per heavy atom. The highest BCUT2D eigenvalue weighted by Gasteiger charge is 2.21. The molecule has 2 heterocycles. The summed E-state index contributed by atoms with van der Waals surface area (Å²) in [5.41, 5.74) is 1.31. The predicted molar refractivity (Wildman–Crippen MR) is 110 cm³/mol. The molecule has 2 amide bonds. The molecule has 7 nitrogen and oxygen atoms in total. The molecule has 2 aliphatic rings. The highest BCUT2D eigenvalue weighted by atomic mass is 35.5. The lowest BCUT2D eigenvalue weighted by atomic mass is 10.1. The molecule has 2 fully saturated rings. The molecule has 0 bridgehead atoms. The maximum atomic E-state index is 12.2. The van der Waals surface area contributed by atoms with Crippen molar-refractivity contribution >= 4 is 42.3 Å². The summed E-state index contributed by atoms with van der Waals surface area (Å²) in [4.78, 5) is 26.5. The molecule has 1 unspecified atom stereocenters. The summed E-state index contributed by atoms with van der Waals surface area (Å²) >= 11 is 0. The number of amides is 2. The number of rotatable bonds is 6. The van der Waals surface area contributed by atoms with Crippen molar-refractivity contribution in [1.29, 1.82) is 0 Å². The smallest absolute Gasteiger partial charge is 0.251 e. The van der Waals surface area contributed by atoms with Gasteiger partial charge in [-0.3, -0.25) is 14.5 Å². The topological polar surface area (TPSA) is 82.7 Å². The van der Waals surface area contributed by atoms with Crippen molar-refractivity contribution in [2.75, 3.05) is 51.3 Å². The van der Waals surface area contributed by atoms with Crippen molar-refractivity contribution in [3.63, 3.8) is 0 Å². The van der Waals surface area contributed by atoms with E-state index in [0.717, 1.165) is 52.2 Å². The highest BCUT2D eigenvalue weighted by Crippen LogP contribution is 2.12. The van der Waals surface area contributed by atoms with E-state index < -0.39 is 0 Å². The van der Waals surface area contributed by atoms with Crippen LogP contribution < -0.4 is 16.0 Å². The van der Waals surface area contributed by atoms with E-state index in [2.05, 4.69) is 20.9 Å². The minimum absolute atomic E-state index is 0. The monoisotopic (exact) mass is 418 g/mol. The molecule has 2 aliphatic heterocycles. The van der Waals surface area contributed by atoms with Gasteiger partial charge in [-0.25, -0.2) is 0 Å². The Morgan fingerprint density at radius 1 is 1.15 bits per heavy atom. The van der Waals surface area contributed by atoms with Crippen LogP contribution >= 0.6 is 24.8 Å². The summed E-state index contributed by atoms with van der Waals surface area (Å²) in [5, 5.41) is 8.99. The number of anilines is 1. The fraction of sp³-hybridized carbons (Fsp3) is 0.556. The fourth-order valence-corrected chi connectivity index (χ4v) is 3.10. The quantitative estimate of drug-likeness (QED) is 0.647. The summed E-state index contributed by atoms with van der Waals surface area (Å²) in [5.74, 6) is -0.108. The lowest BCUT2D eigenvalue weighted by Crippen LogP contribution is -2.41. The van der Waals surface area contributed by atoms with Gasteiger partial charge in [-0.05, 0) is 43.7 Å². The SMILES string of the molecule is Cl.Cl.O=C(NCCN1CCOCC1)c1ccc(NC(=O)C2CCCN2)cc1. The Balaban J connectivity index is 0.00000182. The predicted octanol–water partition coefficient (Wildman–Crippen LogP) is 1.28. The second kappa shape index (κ2) is 12.2. The van der Waals surface area contributed by atoms with Crippen molar-refractivity contribution in [2.24, 2.45) is 0 Å². The molecule has 9 heteroatoms. The second-order valence-electron chi connectivity index (χ2n) is 6.43. The molecule has 0 aromatic heterocycles. The first kappa shape index (κ1) is 23.7. The molecule has 3 N–H and O–H groups in total. The molecule has 3 rings (SSSR count). The van der Waals surface area contributed by atoms with E-state index in [9.17, 15) is 9.59 Å². The van der Waals surface area contributed by atoms with E-state index in [1.165, 1.54) is 0 Å². The zero-order valence-electron chi connectivity index (χ0n) is 15.2. The molecule has 2 saturated heterocycles. The molecule has 0 radical (unpaired) electrons. The molecule has 27 heavy (non-hydrogen) atoms. The summed E-state index contributed by atoms with van der Waals surface area (Å²) in [6, 6.07) is 6.90. The van der Waals surface area contributed by atoms with E-state index in [1.54, 1.807) is 24.3 Å². The molecule has 0 spiro atoms. The first-order valence-corrected chi connectivity index (χ1v) is 8.95. The lowest BCUT2D eigenvalue weighted by molar-refractivity contribution is -0.117. The van der Waals surface area contributed by atoms with E-state index in [1.807, 2.05) is 0 Å². The molecule has 152 valence electrons. The molecule has 0 saturated carbocycles. The van der Waals surface area contributed by atoms with Gasteiger partial charge < -0.3 is 20.7 Å². The van der Waals surface area contributed by atoms with E-state index in [0.29, 0.717) is 17.8 Å². The van der Waals surface area contributed by atoms with Crippen molar-refractivity contribution in [1.82, 2.24) is 15.5 Å². The number of halogens is 2. The summed E-state index contributed by atoms with van der Waals surface area (Å²) in [7, 11) is 0. The summed E-state index contributed by atoms with van der Waals surface area (Å²) in [6.07, 6.45) is 1.90. The van der Waals surface area contributed by atoms with Crippen molar-refractivity contribution < 1.29 is 14.3 Å². The summed E-state index contributed by atoms with van der Waals surface area (Å²) < 4.78 is 5.30. The number of nitrogens with one attached hydrogen (secondary N) is 3. The van der Waals surface area contributed by atoms with Gasteiger partial charge in [0, 0.05) is 37.4 Å². The van der Waals surface area contributed by atoms with Crippen LogP contribution in [0.3, 0.4) is 0 Å². The first-order valence-electron chi connectivity index (χ1n) is 8.95. The third-order valence-corrected chi connectivity index (χ3v) is 4.61. The van der Waals surface area contributed by atoms with Gasteiger partial charge in [0.25, 0.3) is 5.91 Å². The molecular formula is C18H28Cl2N4O3. The van der Waals surface area contributed by atoms with E-state index in [4.69, 9.17) is 4.74 Å². The van der Waals surface area contributed by atoms with Gasteiger partial charge in [0.1, 0.15) is 0 Å². The van der Waals surface area contributed by atoms with Crippen molar-refractivity contribution in [2.45, 2.75) is 18.9 Å². The standard InChI is InChI=1S/C18H26N4O3.2ClH/c23-17(20-8-9-22-10-12-25-13-11-22)14-3-5-15(6-4-14)21-18(24)16-2-1-7-19-16;;/h3-6,16,19H,1-2,7-13H2,(H,20,23)(H,21,24);2*1H. The van der Waals surface area contributed by atoms with Crippen molar-refractivity contribution in [3.8, 4) is 0 Å². The van der Waals surface area contributed by atoms with Gasteiger partial charge in [0.2, 0.25) is 5.91 Å². The number of carbonyl (C=O) groups is 2. The maximum Gasteiger partial charge on any atom is 0.251 e. The number of ether oxygens (including phenoxy) is 1. The third kappa shape index (κ3) is 7.27. The number of hydrogen-bond donors (Lipinski definition) is 3. The van der Waals surface area contributed by atoms with Gasteiger partial charge in [-0.15, -0.1) is 24.8 Å². The molecule has 1 aromatic rings. The van der Waals surface area contributed by atoms with Crippen LogP contribution in [0.4, 0.5) is 5.69 Å². The minimum atomic E-state index is -0.108. The molecule has 1 aromatic carbocycles. The fourth-order valence-electron chi connectivity index (χ4n) is 3.10. The number of nitrogens with zero attached hydrogens (tertiary/aromatic N) is 1. The average molecular weight is 419 g/mol. The van der Waals surface area contributed by atoms with Gasteiger partial charge in [-0.2, -0.15) is 0 Å².